The van der Waals surface area contributed by atoms with E-state index in [0.717, 1.165) is 5.56 Å². The molecule has 1 aliphatic heterocycles. The van der Waals surface area contributed by atoms with Crippen molar-refractivity contribution in [2.75, 3.05) is 12.4 Å². The molecule has 3 aromatic carbocycles. The van der Waals surface area contributed by atoms with E-state index in [-0.39, 0.29) is 5.82 Å². The summed E-state index contributed by atoms with van der Waals surface area (Å²) in [6.45, 7) is 2.16. The van der Waals surface area contributed by atoms with Crippen molar-refractivity contribution in [3.8, 4) is 5.75 Å². The first-order valence-electron chi connectivity index (χ1n) is 12.3. The molecule has 39 heavy (non-hydrogen) atoms. The number of nitrogens with one attached hydrogen (secondary N) is 2. The molecule has 0 spiro atoms. The maximum atomic E-state index is 14.1. The third-order valence-corrected chi connectivity index (χ3v) is 7.33. The number of carbonyl (C=O) groups excluding carboxylic acids is 1. The number of fused-ring (bicyclic) bond motifs is 1. The van der Waals surface area contributed by atoms with Crippen molar-refractivity contribution in [2.45, 2.75) is 30.4 Å². The number of hydrogen-bond acceptors (Lipinski definition) is 7. The first-order chi connectivity index (χ1) is 18.9. The summed E-state index contributed by atoms with van der Waals surface area (Å²) in [6, 6.07) is 23.6. The normalized spacial score (nSPS) is 14.4. The van der Waals surface area contributed by atoms with Gasteiger partial charge in [0.05, 0.1) is 24.2 Å². The van der Waals surface area contributed by atoms with E-state index in [9.17, 15) is 14.0 Å². The van der Waals surface area contributed by atoms with E-state index in [0.29, 0.717) is 57.0 Å². The van der Waals surface area contributed by atoms with E-state index < -0.39 is 17.4 Å². The van der Waals surface area contributed by atoms with E-state index in [1.807, 2.05) is 54.6 Å². The summed E-state index contributed by atoms with van der Waals surface area (Å²) in [4.78, 5) is 33.7. The average molecular weight is 544 g/mol. The molecule has 0 radical (unpaired) electrons. The molecule has 1 unspecified atom stereocenters. The summed E-state index contributed by atoms with van der Waals surface area (Å²) in [6.07, 6.45) is 0. The Bertz CT molecular complexity index is 1590. The van der Waals surface area contributed by atoms with Crippen LogP contribution >= 0.6 is 11.8 Å². The van der Waals surface area contributed by atoms with Crippen LogP contribution in [0.25, 0.3) is 0 Å². The van der Waals surface area contributed by atoms with Crippen LogP contribution in [-0.4, -0.2) is 23.0 Å². The largest absolute Gasteiger partial charge is 0.489 e. The summed E-state index contributed by atoms with van der Waals surface area (Å²) in [5.41, 5.74) is 3.02. The van der Waals surface area contributed by atoms with Crippen LogP contribution in [-0.2, 0) is 21.9 Å². The minimum Gasteiger partial charge on any atom is -0.489 e. The number of thioether (sulfide) groups is 1. The number of ether oxygens (including phenoxy) is 2. The first-order valence-corrected chi connectivity index (χ1v) is 13.3. The van der Waals surface area contributed by atoms with Gasteiger partial charge in [-0.15, -0.1) is 0 Å². The van der Waals surface area contributed by atoms with E-state index in [1.165, 1.54) is 24.9 Å². The van der Waals surface area contributed by atoms with Gasteiger partial charge in [-0.3, -0.25) is 4.79 Å². The van der Waals surface area contributed by atoms with Gasteiger partial charge in [0, 0.05) is 11.4 Å². The highest BCUT2D eigenvalue weighted by molar-refractivity contribution is 7.98. The molecule has 1 atom stereocenters. The molecular weight excluding hydrogens is 517 g/mol. The SMILES string of the molecule is COC(=O)C1=C(C)Nc2nc(SCc3ccccc3F)[nH]c(=O)c2C1c1ccc(OCc2ccccc2)cc1. The molecule has 2 N–H and O–H groups in total. The van der Waals surface area contributed by atoms with Gasteiger partial charge in [-0.1, -0.05) is 72.4 Å². The van der Waals surface area contributed by atoms with Crippen LogP contribution in [0, 0.1) is 5.82 Å². The second-order valence-electron chi connectivity index (χ2n) is 8.95. The number of esters is 1. The molecule has 0 amide bonds. The van der Waals surface area contributed by atoms with Crippen molar-refractivity contribution in [1.82, 2.24) is 9.97 Å². The number of hydrogen-bond donors (Lipinski definition) is 2. The Balaban J connectivity index is 1.46. The van der Waals surface area contributed by atoms with Crippen molar-refractivity contribution < 1.29 is 18.7 Å². The maximum absolute atomic E-state index is 14.1. The standard InChI is InChI=1S/C30H26FN3O4S/c1-18-24(29(36)37-2)25(20-12-14-22(15-13-20)38-16-19-8-4-3-5-9-19)26-27(32-18)33-30(34-28(26)35)39-17-21-10-6-7-11-23(21)31/h3-15,25H,16-17H2,1-2H3,(H2,32,33,34,35). The predicted octanol–water partition coefficient (Wildman–Crippen LogP) is 5.78. The summed E-state index contributed by atoms with van der Waals surface area (Å²) >= 11 is 1.22. The van der Waals surface area contributed by atoms with Crippen LogP contribution in [0.15, 0.2) is 100 Å². The third-order valence-electron chi connectivity index (χ3n) is 6.41. The molecule has 0 aliphatic carbocycles. The molecule has 0 fully saturated rings. The van der Waals surface area contributed by atoms with Crippen molar-refractivity contribution in [3.63, 3.8) is 0 Å². The molecule has 1 aromatic heterocycles. The molecule has 198 valence electrons. The number of carbonyl (C=O) groups is 1. The Morgan fingerprint density at radius 1 is 1.03 bits per heavy atom. The zero-order valence-electron chi connectivity index (χ0n) is 21.4. The maximum Gasteiger partial charge on any atom is 0.336 e. The molecule has 0 saturated heterocycles. The van der Waals surface area contributed by atoms with Crippen molar-refractivity contribution >= 4 is 23.5 Å². The number of methoxy groups -OCH3 is 1. The fourth-order valence-electron chi connectivity index (χ4n) is 4.47. The second-order valence-corrected chi connectivity index (χ2v) is 9.91. The zero-order chi connectivity index (χ0) is 27.4. The molecule has 5 rings (SSSR count). The molecule has 7 nitrogen and oxygen atoms in total. The highest BCUT2D eigenvalue weighted by Crippen LogP contribution is 2.40. The minimum atomic E-state index is -0.709. The van der Waals surface area contributed by atoms with Gasteiger partial charge < -0.3 is 19.8 Å². The smallest absolute Gasteiger partial charge is 0.336 e. The van der Waals surface area contributed by atoms with E-state index in [4.69, 9.17) is 9.47 Å². The van der Waals surface area contributed by atoms with Gasteiger partial charge in [-0.25, -0.2) is 14.2 Å². The van der Waals surface area contributed by atoms with Crippen LogP contribution in [0.2, 0.25) is 0 Å². The Hall–Kier alpha value is -4.37. The van der Waals surface area contributed by atoms with Crippen LogP contribution in [0.4, 0.5) is 10.2 Å². The highest BCUT2D eigenvalue weighted by Gasteiger charge is 2.36. The minimum absolute atomic E-state index is 0.296. The van der Waals surface area contributed by atoms with Gasteiger partial charge in [0.25, 0.3) is 5.56 Å². The van der Waals surface area contributed by atoms with Crippen molar-refractivity contribution in [3.05, 3.63) is 129 Å². The van der Waals surface area contributed by atoms with Gasteiger partial charge in [0.2, 0.25) is 0 Å². The summed E-state index contributed by atoms with van der Waals surface area (Å²) in [5, 5.41) is 3.44. The first kappa shape index (κ1) is 26.2. The number of benzene rings is 3. The molecule has 9 heteroatoms. The van der Waals surface area contributed by atoms with E-state index in [2.05, 4.69) is 15.3 Å². The van der Waals surface area contributed by atoms with Gasteiger partial charge in [-0.05, 0) is 41.8 Å². The lowest BCUT2D eigenvalue weighted by Crippen LogP contribution is -2.31. The number of anilines is 1. The average Bonchev–Trinajstić information content (AvgIpc) is 2.95. The predicted molar refractivity (Wildman–Crippen MR) is 148 cm³/mol. The number of aromatic nitrogens is 2. The fraction of sp³-hybridized carbons (Fsp3) is 0.167. The lowest BCUT2D eigenvalue weighted by molar-refractivity contribution is -0.136. The monoisotopic (exact) mass is 543 g/mol. The number of halogens is 1. The van der Waals surface area contributed by atoms with Gasteiger partial charge in [0.15, 0.2) is 5.16 Å². The number of allylic oxidation sites excluding steroid dienone is 1. The quantitative estimate of drug-likeness (QED) is 0.165. The molecule has 0 bridgehead atoms. The van der Waals surface area contributed by atoms with E-state index >= 15 is 0 Å². The summed E-state index contributed by atoms with van der Waals surface area (Å²) < 4.78 is 25.0. The lowest BCUT2D eigenvalue weighted by atomic mass is 9.82. The molecular formula is C30H26FN3O4S. The van der Waals surface area contributed by atoms with Crippen LogP contribution in [0.3, 0.4) is 0 Å². The Labute approximate surface area is 229 Å². The lowest BCUT2D eigenvalue weighted by Gasteiger charge is -2.28. The summed E-state index contributed by atoms with van der Waals surface area (Å²) in [5.74, 6) is -0.277. The van der Waals surface area contributed by atoms with Gasteiger partial charge >= 0.3 is 5.97 Å². The third kappa shape index (κ3) is 5.73. The van der Waals surface area contributed by atoms with Crippen molar-refractivity contribution in [1.29, 1.82) is 0 Å². The van der Waals surface area contributed by atoms with E-state index in [1.54, 1.807) is 25.1 Å². The van der Waals surface area contributed by atoms with Crippen LogP contribution in [0.1, 0.15) is 35.1 Å². The number of nitrogens with zero attached hydrogens (tertiary/aromatic N) is 1. The molecule has 2 heterocycles. The number of aromatic amines is 1. The second kappa shape index (κ2) is 11.6. The van der Waals surface area contributed by atoms with Crippen LogP contribution < -0.4 is 15.6 Å². The number of H-pyrrole nitrogens is 1. The molecule has 0 saturated carbocycles. The Morgan fingerprint density at radius 2 is 1.74 bits per heavy atom. The van der Waals surface area contributed by atoms with Gasteiger partial charge in [-0.2, -0.15) is 0 Å². The molecule has 4 aromatic rings. The zero-order valence-corrected chi connectivity index (χ0v) is 22.2. The highest BCUT2D eigenvalue weighted by atomic mass is 32.2. The number of rotatable bonds is 8. The Kier molecular flexibility index (Phi) is 7.79. The van der Waals surface area contributed by atoms with Gasteiger partial charge in [0.1, 0.15) is 24.0 Å². The summed E-state index contributed by atoms with van der Waals surface area (Å²) in [7, 11) is 1.31. The topological polar surface area (TPSA) is 93.3 Å². The van der Waals surface area contributed by atoms with Crippen molar-refractivity contribution in [2.24, 2.45) is 0 Å². The molecule has 1 aliphatic rings. The fourth-order valence-corrected chi connectivity index (χ4v) is 5.32. The van der Waals surface area contributed by atoms with Crippen LogP contribution in [0.5, 0.6) is 5.75 Å². The Morgan fingerprint density at radius 3 is 2.46 bits per heavy atom.